The lowest BCUT2D eigenvalue weighted by Crippen LogP contribution is -2.46. The molecule has 1 rings (SSSR count). The normalized spacial score (nSPS) is 20.9. The summed E-state index contributed by atoms with van der Waals surface area (Å²) in [6, 6.07) is -0.0323. The predicted molar refractivity (Wildman–Crippen MR) is 53.4 cm³/mol. The van der Waals surface area contributed by atoms with Crippen molar-refractivity contribution in [1.29, 1.82) is 0 Å². The molecule has 0 saturated carbocycles. The third-order valence-electron chi connectivity index (χ3n) is 2.52. The van der Waals surface area contributed by atoms with Crippen LogP contribution < -0.4 is 0 Å². The van der Waals surface area contributed by atoms with Crippen LogP contribution in [0.1, 0.15) is 26.2 Å². The molecule has 1 aliphatic heterocycles. The second kappa shape index (κ2) is 5.58. The van der Waals surface area contributed by atoms with Gasteiger partial charge in [0.2, 0.25) is 0 Å². The van der Waals surface area contributed by atoms with Gasteiger partial charge in [-0.15, -0.1) is 0 Å². The van der Waals surface area contributed by atoms with Gasteiger partial charge in [0.15, 0.2) is 0 Å². The van der Waals surface area contributed by atoms with Crippen molar-refractivity contribution in [3.8, 4) is 0 Å². The lowest BCUT2D eigenvalue weighted by Gasteiger charge is -2.33. The Balaban J connectivity index is 2.49. The van der Waals surface area contributed by atoms with Gasteiger partial charge in [-0.2, -0.15) is 0 Å². The number of rotatable bonds is 2. The summed E-state index contributed by atoms with van der Waals surface area (Å²) < 4.78 is 9.59. The molecule has 0 radical (unpaired) electrons. The molecule has 0 bridgehead atoms. The molecular weight excluding hydrogens is 198 g/mol. The summed E-state index contributed by atoms with van der Waals surface area (Å²) in [4.78, 5) is 23.7. The number of piperidine rings is 1. The number of methoxy groups -OCH3 is 1. The van der Waals surface area contributed by atoms with E-state index in [1.165, 1.54) is 14.0 Å². The fourth-order valence-corrected chi connectivity index (χ4v) is 1.74. The molecule has 0 unspecified atom stereocenters. The Hall–Kier alpha value is -1.26. The average Bonchev–Trinajstić information content (AvgIpc) is 2.25. The van der Waals surface area contributed by atoms with Crippen molar-refractivity contribution in [2.45, 2.75) is 32.2 Å². The average molecular weight is 215 g/mol. The van der Waals surface area contributed by atoms with Gasteiger partial charge in [-0.3, -0.25) is 4.79 Å². The zero-order valence-corrected chi connectivity index (χ0v) is 9.19. The van der Waals surface area contributed by atoms with Crippen LogP contribution in [0.15, 0.2) is 0 Å². The number of ether oxygens (including phenoxy) is 2. The Labute approximate surface area is 89.3 Å². The first-order valence-corrected chi connectivity index (χ1v) is 5.13. The molecule has 1 heterocycles. The summed E-state index contributed by atoms with van der Waals surface area (Å²) in [6.45, 7) is 2.31. The number of hydrogen-bond donors (Lipinski definition) is 0. The summed E-state index contributed by atoms with van der Waals surface area (Å²) in [6.07, 6.45) is 2.56. The third-order valence-corrected chi connectivity index (χ3v) is 2.52. The van der Waals surface area contributed by atoms with E-state index in [2.05, 4.69) is 4.74 Å². The summed E-state index contributed by atoms with van der Waals surface area (Å²) in [5.74, 6) is -0.314. The number of hydrogen-bond acceptors (Lipinski definition) is 4. The monoisotopic (exact) mass is 215 g/mol. The molecule has 0 aromatic heterocycles. The van der Waals surface area contributed by atoms with Crippen LogP contribution in [0.5, 0.6) is 0 Å². The maximum atomic E-state index is 11.4. The Bertz CT molecular complexity index is 242. The van der Waals surface area contributed by atoms with Gasteiger partial charge in [-0.1, -0.05) is 0 Å². The molecule has 5 nitrogen and oxygen atoms in total. The largest absolute Gasteiger partial charge is 0.464 e. The lowest BCUT2D eigenvalue weighted by molar-refractivity contribution is -0.142. The van der Waals surface area contributed by atoms with Crippen LogP contribution in [-0.4, -0.2) is 43.3 Å². The first kappa shape index (κ1) is 11.8. The van der Waals surface area contributed by atoms with Gasteiger partial charge in [0.25, 0.3) is 0 Å². The molecule has 0 spiro atoms. The maximum Gasteiger partial charge on any atom is 0.409 e. The topological polar surface area (TPSA) is 55.8 Å². The van der Waals surface area contributed by atoms with Crippen LogP contribution in [0, 0.1) is 0 Å². The van der Waals surface area contributed by atoms with E-state index in [1.54, 1.807) is 4.90 Å². The van der Waals surface area contributed by atoms with Gasteiger partial charge in [0.05, 0.1) is 13.2 Å². The van der Waals surface area contributed by atoms with Gasteiger partial charge in [0.1, 0.15) is 6.61 Å². The maximum absolute atomic E-state index is 11.4. The van der Waals surface area contributed by atoms with Crippen LogP contribution in [0.4, 0.5) is 4.79 Å². The molecule has 1 atom stereocenters. The third kappa shape index (κ3) is 3.42. The molecule has 5 heteroatoms. The summed E-state index contributed by atoms with van der Waals surface area (Å²) in [7, 11) is 1.36. The van der Waals surface area contributed by atoms with E-state index in [-0.39, 0.29) is 24.7 Å². The van der Waals surface area contributed by atoms with E-state index >= 15 is 0 Å². The quantitative estimate of drug-likeness (QED) is 0.649. The number of nitrogens with zero attached hydrogens (tertiary/aromatic N) is 1. The van der Waals surface area contributed by atoms with E-state index in [0.29, 0.717) is 6.54 Å². The minimum Gasteiger partial charge on any atom is -0.464 e. The molecular formula is C10H17NO4. The molecule has 86 valence electrons. The SMILES string of the molecule is COC(=O)N1CCCC[C@@H]1COC(C)=O. The first-order chi connectivity index (χ1) is 7.15. The Morgan fingerprint density at radius 3 is 2.73 bits per heavy atom. The Kier molecular flexibility index (Phi) is 4.39. The minimum atomic E-state index is -0.341. The highest BCUT2D eigenvalue weighted by molar-refractivity contribution is 5.68. The van der Waals surface area contributed by atoms with Crippen molar-refractivity contribution < 1.29 is 19.1 Å². The number of carbonyl (C=O) groups excluding carboxylic acids is 2. The standard InChI is InChI=1S/C10H17NO4/c1-8(12)15-7-9-5-3-4-6-11(9)10(13)14-2/h9H,3-7H2,1-2H3/t9-/m1/s1. The van der Waals surface area contributed by atoms with E-state index < -0.39 is 0 Å². The van der Waals surface area contributed by atoms with E-state index in [1.807, 2.05) is 0 Å². The Morgan fingerprint density at radius 1 is 1.40 bits per heavy atom. The minimum absolute atomic E-state index is 0.0323. The van der Waals surface area contributed by atoms with Gasteiger partial charge in [-0.05, 0) is 19.3 Å². The summed E-state index contributed by atoms with van der Waals surface area (Å²) in [5.41, 5.74) is 0. The molecule has 1 amide bonds. The molecule has 1 aliphatic rings. The van der Waals surface area contributed by atoms with Crippen molar-refractivity contribution in [1.82, 2.24) is 4.90 Å². The number of likely N-dealkylation sites (tertiary alicyclic amines) is 1. The fourth-order valence-electron chi connectivity index (χ4n) is 1.74. The van der Waals surface area contributed by atoms with E-state index in [9.17, 15) is 9.59 Å². The fraction of sp³-hybridized carbons (Fsp3) is 0.800. The van der Waals surface area contributed by atoms with Gasteiger partial charge >= 0.3 is 12.1 Å². The molecule has 0 aromatic carbocycles. The number of carbonyl (C=O) groups is 2. The lowest BCUT2D eigenvalue weighted by atomic mass is 10.0. The van der Waals surface area contributed by atoms with Gasteiger partial charge in [0, 0.05) is 13.5 Å². The van der Waals surface area contributed by atoms with Gasteiger partial charge < -0.3 is 14.4 Å². The molecule has 0 N–H and O–H groups in total. The number of esters is 1. The highest BCUT2D eigenvalue weighted by Gasteiger charge is 2.27. The van der Waals surface area contributed by atoms with Crippen LogP contribution in [-0.2, 0) is 14.3 Å². The predicted octanol–water partition coefficient (Wildman–Crippen LogP) is 1.17. The molecule has 0 aromatic rings. The summed E-state index contributed by atoms with van der Waals surface area (Å²) in [5, 5.41) is 0. The number of amides is 1. The molecule has 1 saturated heterocycles. The van der Waals surface area contributed by atoms with Gasteiger partial charge in [-0.25, -0.2) is 4.79 Å². The zero-order chi connectivity index (χ0) is 11.3. The second-order valence-electron chi connectivity index (χ2n) is 3.62. The van der Waals surface area contributed by atoms with Crippen LogP contribution >= 0.6 is 0 Å². The molecule has 1 fully saturated rings. The smallest absolute Gasteiger partial charge is 0.409 e. The summed E-state index contributed by atoms with van der Waals surface area (Å²) >= 11 is 0. The van der Waals surface area contributed by atoms with Crippen LogP contribution in [0.3, 0.4) is 0 Å². The molecule has 0 aliphatic carbocycles. The van der Waals surface area contributed by atoms with Crippen molar-refractivity contribution in [2.75, 3.05) is 20.3 Å². The van der Waals surface area contributed by atoms with Crippen molar-refractivity contribution in [2.24, 2.45) is 0 Å². The highest BCUT2D eigenvalue weighted by atomic mass is 16.5. The van der Waals surface area contributed by atoms with Crippen molar-refractivity contribution in [3.05, 3.63) is 0 Å². The van der Waals surface area contributed by atoms with E-state index in [0.717, 1.165) is 19.3 Å². The van der Waals surface area contributed by atoms with Crippen molar-refractivity contribution >= 4 is 12.1 Å². The van der Waals surface area contributed by atoms with E-state index in [4.69, 9.17) is 4.74 Å². The van der Waals surface area contributed by atoms with Crippen molar-refractivity contribution in [3.63, 3.8) is 0 Å². The van der Waals surface area contributed by atoms with Crippen LogP contribution in [0.25, 0.3) is 0 Å². The Morgan fingerprint density at radius 2 is 2.13 bits per heavy atom. The highest BCUT2D eigenvalue weighted by Crippen LogP contribution is 2.18. The zero-order valence-electron chi connectivity index (χ0n) is 9.19. The second-order valence-corrected chi connectivity index (χ2v) is 3.62. The van der Waals surface area contributed by atoms with Crippen LogP contribution in [0.2, 0.25) is 0 Å². The molecule has 15 heavy (non-hydrogen) atoms. The first-order valence-electron chi connectivity index (χ1n) is 5.13.